The molecule has 0 aliphatic rings. The molecule has 0 radical (unpaired) electrons. The molecule has 5 nitrogen and oxygen atoms in total. The van der Waals surface area contributed by atoms with Crippen LogP contribution in [0.4, 0.5) is 0 Å². The minimum Gasteiger partial charge on any atom is -0.447 e. The van der Waals surface area contributed by atoms with Crippen molar-refractivity contribution in [1.29, 1.82) is 0 Å². The number of hydrogen-bond donors (Lipinski definition) is 1. The second-order valence-electron chi connectivity index (χ2n) is 4.97. The summed E-state index contributed by atoms with van der Waals surface area (Å²) in [7, 11) is -1.84. The number of rotatable bonds is 7. The Morgan fingerprint density at radius 3 is 2.67 bits per heavy atom. The molecular formula is C14H20N2O3S2. The van der Waals surface area contributed by atoms with E-state index >= 15 is 0 Å². The molecule has 21 heavy (non-hydrogen) atoms. The van der Waals surface area contributed by atoms with Crippen molar-refractivity contribution in [2.45, 2.75) is 38.1 Å². The lowest BCUT2D eigenvalue weighted by molar-refractivity contribution is 0.327. The van der Waals surface area contributed by atoms with Crippen LogP contribution in [0.5, 0.6) is 0 Å². The largest absolute Gasteiger partial charge is 0.447 e. The molecule has 7 heteroatoms. The Labute approximate surface area is 129 Å². The first-order valence-electron chi connectivity index (χ1n) is 6.72. The van der Waals surface area contributed by atoms with Crippen molar-refractivity contribution in [1.82, 2.24) is 9.62 Å². The average molecular weight is 328 g/mol. The Morgan fingerprint density at radius 1 is 1.33 bits per heavy atom. The van der Waals surface area contributed by atoms with Crippen LogP contribution >= 0.6 is 11.3 Å². The fourth-order valence-corrected chi connectivity index (χ4v) is 4.31. The Hall–Kier alpha value is -1.15. The normalized spacial score (nSPS) is 12.4. The van der Waals surface area contributed by atoms with Gasteiger partial charge in [-0.05, 0) is 44.5 Å². The van der Waals surface area contributed by atoms with Crippen molar-refractivity contribution >= 4 is 21.4 Å². The fourth-order valence-electron chi connectivity index (χ4n) is 1.98. The molecule has 0 spiro atoms. The fraction of sp³-hybridized carbons (Fsp3) is 0.429. The van der Waals surface area contributed by atoms with Crippen LogP contribution in [0.1, 0.15) is 24.5 Å². The van der Waals surface area contributed by atoms with Crippen LogP contribution in [0.2, 0.25) is 0 Å². The van der Waals surface area contributed by atoms with Gasteiger partial charge in [-0.25, -0.2) is 8.42 Å². The standard InChI is InChI=1S/C14H20N2O3S2/c1-11(2)16(10-13-5-4-8-20-13)21(17,18)14-7-6-12(19-14)9-15-3/h4-8,11,15H,9-10H2,1-3H3. The first kappa shape index (κ1) is 16.2. The number of thiophene rings is 1. The van der Waals surface area contributed by atoms with E-state index in [-0.39, 0.29) is 11.1 Å². The molecule has 0 saturated heterocycles. The Morgan fingerprint density at radius 2 is 2.10 bits per heavy atom. The third kappa shape index (κ3) is 3.74. The molecule has 116 valence electrons. The van der Waals surface area contributed by atoms with Gasteiger partial charge in [-0.3, -0.25) is 0 Å². The summed E-state index contributed by atoms with van der Waals surface area (Å²) in [5.74, 6) is 0.607. The van der Waals surface area contributed by atoms with Crippen LogP contribution in [0, 0.1) is 0 Å². The summed E-state index contributed by atoms with van der Waals surface area (Å²) < 4.78 is 32.4. The second kappa shape index (κ2) is 6.74. The van der Waals surface area contributed by atoms with Gasteiger partial charge in [-0.15, -0.1) is 11.3 Å². The molecule has 0 aliphatic heterocycles. The first-order valence-corrected chi connectivity index (χ1v) is 9.04. The van der Waals surface area contributed by atoms with Crippen LogP contribution in [0.25, 0.3) is 0 Å². The Bertz CT molecular complexity index is 660. The summed E-state index contributed by atoms with van der Waals surface area (Å²) >= 11 is 1.55. The minimum atomic E-state index is -3.63. The van der Waals surface area contributed by atoms with Crippen molar-refractivity contribution in [2.75, 3.05) is 7.05 Å². The highest BCUT2D eigenvalue weighted by Crippen LogP contribution is 2.24. The van der Waals surface area contributed by atoms with Crippen LogP contribution in [-0.2, 0) is 23.1 Å². The minimum absolute atomic E-state index is 0.00185. The SMILES string of the molecule is CNCc1ccc(S(=O)(=O)N(Cc2cccs2)C(C)C)o1. The second-order valence-corrected chi connectivity index (χ2v) is 7.83. The molecule has 2 heterocycles. The summed E-state index contributed by atoms with van der Waals surface area (Å²) in [6, 6.07) is 6.92. The Balaban J connectivity index is 2.28. The van der Waals surface area contributed by atoms with Crippen LogP contribution in [-0.4, -0.2) is 25.8 Å². The molecule has 0 aliphatic carbocycles. The van der Waals surface area contributed by atoms with Crippen molar-refractivity contribution in [3.63, 3.8) is 0 Å². The van der Waals surface area contributed by atoms with Gasteiger partial charge in [-0.2, -0.15) is 4.31 Å². The highest BCUT2D eigenvalue weighted by atomic mass is 32.2. The molecule has 0 atom stereocenters. The number of nitrogens with one attached hydrogen (secondary N) is 1. The van der Waals surface area contributed by atoms with Gasteiger partial charge in [0.25, 0.3) is 10.0 Å². The molecule has 0 unspecified atom stereocenters. The molecule has 0 saturated carbocycles. The van der Waals surface area contributed by atoms with E-state index in [9.17, 15) is 8.42 Å². The smallest absolute Gasteiger partial charge is 0.277 e. The topological polar surface area (TPSA) is 62.6 Å². The van der Waals surface area contributed by atoms with E-state index in [0.29, 0.717) is 18.8 Å². The van der Waals surface area contributed by atoms with Crippen molar-refractivity contribution in [2.24, 2.45) is 0 Å². The zero-order valence-electron chi connectivity index (χ0n) is 12.4. The molecular weight excluding hydrogens is 308 g/mol. The lowest BCUT2D eigenvalue weighted by Gasteiger charge is -2.24. The molecule has 0 aromatic carbocycles. The summed E-state index contributed by atoms with van der Waals surface area (Å²) in [6.07, 6.45) is 0. The maximum absolute atomic E-state index is 12.7. The van der Waals surface area contributed by atoms with Gasteiger partial charge < -0.3 is 9.73 Å². The predicted octanol–water partition coefficient (Wildman–Crippen LogP) is 2.66. The zero-order chi connectivity index (χ0) is 15.5. The Kier molecular flexibility index (Phi) is 5.21. The summed E-state index contributed by atoms with van der Waals surface area (Å²) in [5, 5.41) is 4.88. The van der Waals surface area contributed by atoms with Crippen LogP contribution in [0.15, 0.2) is 39.2 Å². The van der Waals surface area contributed by atoms with Crippen molar-refractivity contribution in [3.8, 4) is 0 Å². The molecule has 1 N–H and O–H groups in total. The van der Waals surface area contributed by atoms with E-state index in [0.717, 1.165) is 4.88 Å². The maximum Gasteiger partial charge on any atom is 0.277 e. The number of hydrogen-bond acceptors (Lipinski definition) is 5. The van der Waals surface area contributed by atoms with E-state index in [2.05, 4.69) is 5.32 Å². The van der Waals surface area contributed by atoms with Crippen LogP contribution in [0.3, 0.4) is 0 Å². The van der Waals surface area contributed by atoms with E-state index in [4.69, 9.17) is 4.42 Å². The summed E-state index contributed by atoms with van der Waals surface area (Å²) in [4.78, 5) is 1.01. The van der Waals surface area contributed by atoms with E-state index in [1.807, 2.05) is 31.4 Å². The predicted molar refractivity (Wildman–Crippen MR) is 83.7 cm³/mol. The lowest BCUT2D eigenvalue weighted by Crippen LogP contribution is -2.36. The first-order chi connectivity index (χ1) is 9.95. The molecule has 0 amide bonds. The average Bonchev–Trinajstić information content (AvgIpc) is 3.07. The van der Waals surface area contributed by atoms with Gasteiger partial charge in [0, 0.05) is 17.5 Å². The van der Waals surface area contributed by atoms with Gasteiger partial charge in [0.2, 0.25) is 5.09 Å². The maximum atomic E-state index is 12.7. The number of furan rings is 1. The van der Waals surface area contributed by atoms with E-state index in [1.165, 1.54) is 10.4 Å². The van der Waals surface area contributed by atoms with Crippen molar-refractivity contribution in [3.05, 3.63) is 40.3 Å². The van der Waals surface area contributed by atoms with Gasteiger partial charge >= 0.3 is 0 Å². The molecule has 0 bridgehead atoms. The van der Waals surface area contributed by atoms with Gasteiger partial charge in [0.15, 0.2) is 0 Å². The van der Waals surface area contributed by atoms with Gasteiger partial charge in [-0.1, -0.05) is 6.07 Å². The van der Waals surface area contributed by atoms with E-state index < -0.39 is 10.0 Å². The zero-order valence-corrected chi connectivity index (χ0v) is 14.0. The van der Waals surface area contributed by atoms with E-state index in [1.54, 1.807) is 24.5 Å². The summed E-state index contributed by atoms with van der Waals surface area (Å²) in [6.45, 7) is 4.59. The van der Waals surface area contributed by atoms with Crippen molar-refractivity contribution < 1.29 is 12.8 Å². The summed E-state index contributed by atoms with van der Waals surface area (Å²) in [5.41, 5.74) is 0. The molecule has 0 fully saturated rings. The molecule has 2 aromatic rings. The molecule has 2 rings (SSSR count). The van der Waals surface area contributed by atoms with Crippen LogP contribution < -0.4 is 5.32 Å². The highest BCUT2D eigenvalue weighted by molar-refractivity contribution is 7.89. The quantitative estimate of drug-likeness (QED) is 0.849. The number of nitrogens with zero attached hydrogens (tertiary/aromatic N) is 1. The van der Waals surface area contributed by atoms with Gasteiger partial charge in [0.05, 0.1) is 6.54 Å². The third-order valence-electron chi connectivity index (χ3n) is 3.02. The number of sulfonamides is 1. The molecule has 2 aromatic heterocycles. The third-order valence-corrected chi connectivity index (χ3v) is 5.78. The van der Waals surface area contributed by atoms with Gasteiger partial charge in [0.1, 0.15) is 5.76 Å². The highest BCUT2D eigenvalue weighted by Gasteiger charge is 2.30. The monoisotopic (exact) mass is 328 g/mol. The lowest BCUT2D eigenvalue weighted by atomic mass is 10.4.